The lowest BCUT2D eigenvalue weighted by Gasteiger charge is -2.18. The molecule has 1 N–H and O–H groups in total. The molecule has 0 saturated heterocycles. The standard InChI is InChI=1S/C15H19ClN4/c1-2-20-10-18-19-14(20)9-17-15(11-3-4-11)12-5-7-13(16)8-6-12/h5-8,10-11,15,17H,2-4,9H2,1H3. The zero-order valence-corrected chi connectivity index (χ0v) is 12.3. The van der Waals surface area contributed by atoms with E-state index in [0.717, 1.165) is 29.9 Å². The quantitative estimate of drug-likeness (QED) is 0.888. The number of nitrogens with one attached hydrogen (secondary N) is 1. The molecule has 3 rings (SSSR count). The van der Waals surface area contributed by atoms with Crippen LogP contribution in [0.1, 0.15) is 37.2 Å². The van der Waals surface area contributed by atoms with Crippen molar-refractivity contribution >= 4 is 11.6 Å². The van der Waals surface area contributed by atoms with Crippen molar-refractivity contribution in [2.45, 2.75) is 38.9 Å². The van der Waals surface area contributed by atoms with Crippen LogP contribution in [0, 0.1) is 5.92 Å². The van der Waals surface area contributed by atoms with Gasteiger partial charge in [-0.1, -0.05) is 23.7 Å². The molecule has 20 heavy (non-hydrogen) atoms. The first-order chi connectivity index (χ1) is 9.78. The summed E-state index contributed by atoms with van der Waals surface area (Å²) in [5.74, 6) is 1.72. The molecule has 1 atom stereocenters. The van der Waals surface area contributed by atoms with Crippen LogP contribution in [0.5, 0.6) is 0 Å². The molecule has 106 valence electrons. The summed E-state index contributed by atoms with van der Waals surface area (Å²) >= 11 is 5.97. The molecule has 0 amide bonds. The molecule has 5 heteroatoms. The van der Waals surface area contributed by atoms with Crippen LogP contribution in [0.4, 0.5) is 0 Å². The number of benzene rings is 1. The van der Waals surface area contributed by atoms with Crippen LogP contribution >= 0.6 is 11.6 Å². The number of aromatic nitrogens is 3. The summed E-state index contributed by atoms with van der Waals surface area (Å²) in [5, 5.41) is 12.6. The third-order valence-electron chi connectivity index (χ3n) is 3.84. The van der Waals surface area contributed by atoms with Crippen molar-refractivity contribution in [1.82, 2.24) is 20.1 Å². The highest BCUT2D eigenvalue weighted by Crippen LogP contribution is 2.41. The predicted molar refractivity (Wildman–Crippen MR) is 79.5 cm³/mol. The van der Waals surface area contributed by atoms with Gasteiger partial charge in [-0.15, -0.1) is 10.2 Å². The van der Waals surface area contributed by atoms with Gasteiger partial charge in [-0.3, -0.25) is 0 Å². The minimum Gasteiger partial charge on any atom is -0.317 e. The van der Waals surface area contributed by atoms with E-state index in [2.05, 4.69) is 39.1 Å². The van der Waals surface area contributed by atoms with E-state index < -0.39 is 0 Å². The average Bonchev–Trinajstić information content (AvgIpc) is 3.19. The van der Waals surface area contributed by atoms with Gasteiger partial charge in [-0.05, 0) is 43.4 Å². The van der Waals surface area contributed by atoms with Crippen molar-refractivity contribution < 1.29 is 0 Å². The minimum atomic E-state index is 0.384. The summed E-state index contributed by atoms with van der Waals surface area (Å²) in [6, 6.07) is 8.53. The summed E-state index contributed by atoms with van der Waals surface area (Å²) < 4.78 is 2.07. The summed E-state index contributed by atoms with van der Waals surface area (Å²) in [6.45, 7) is 3.75. The molecule has 1 aromatic carbocycles. The van der Waals surface area contributed by atoms with Crippen molar-refractivity contribution in [1.29, 1.82) is 0 Å². The lowest BCUT2D eigenvalue weighted by Crippen LogP contribution is -2.24. The molecule has 1 fully saturated rings. The first-order valence-corrected chi connectivity index (χ1v) is 7.51. The largest absolute Gasteiger partial charge is 0.317 e. The highest BCUT2D eigenvalue weighted by Gasteiger charge is 2.32. The number of aryl methyl sites for hydroxylation is 1. The Bertz CT molecular complexity index is 560. The molecule has 1 aliphatic rings. The zero-order valence-electron chi connectivity index (χ0n) is 11.6. The van der Waals surface area contributed by atoms with Gasteiger partial charge in [0, 0.05) is 17.6 Å². The molecule has 0 bridgehead atoms. The molecule has 4 nitrogen and oxygen atoms in total. The van der Waals surface area contributed by atoms with Gasteiger partial charge >= 0.3 is 0 Å². The maximum Gasteiger partial charge on any atom is 0.146 e. The topological polar surface area (TPSA) is 42.7 Å². The molecule has 2 aromatic rings. The van der Waals surface area contributed by atoms with E-state index in [9.17, 15) is 0 Å². The Labute approximate surface area is 124 Å². The lowest BCUT2D eigenvalue weighted by atomic mass is 10.0. The second kappa shape index (κ2) is 5.94. The third-order valence-corrected chi connectivity index (χ3v) is 4.09. The molecular weight excluding hydrogens is 272 g/mol. The first-order valence-electron chi connectivity index (χ1n) is 7.13. The first kappa shape index (κ1) is 13.6. The van der Waals surface area contributed by atoms with Gasteiger partial charge in [0.2, 0.25) is 0 Å². The third kappa shape index (κ3) is 3.02. The summed E-state index contributed by atoms with van der Waals surface area (Å²) in [6.07, 6.45) is 4.37. The predicted octanol–water partition coefficient (Wildman–Crippen LogP) is 3.19. The van der Waals surface area contributed by atoms with Crippen molar-refractivity contribution in [2.24, 2.45) is 5.92 Å². The summed E-state index contributed by atoms with van der Waals surface area (Å²) in [7, 11) is 0. The van der Waals surface area contributed by atoms with Gasteiger partial charge in [0.25, 0.3) is 0 Å². The lowest BCUT2D eigenvalue weighted by molar-refractivity contribution is 0.464. The van der Waals surface area contributed by atoms with Crippen molar-refractivity contribution in [3.05, 3.63) is 47.0 Å². The molecular formula is C15H19ClN4. The number of nitrogens with zero attached hydrogens (tertiary/aromatic N) is 3. The molecule has 1 heterocycles. The normalized spacial score (nSPS) is 16.3. The number of rotatable bonds is 6. The molecule has 1 aromatic heterocycles. The Morgan fingerprint density at radius 1 is 1.35 bits per heavy atom. The molecule has 0 spiro atoms. The second-order valence-corrected chi connectivity index (χ2v) is 5.72. The van der Waals surface area contributed by atoms with E-state index in [1.165, 1.54) is 18.4 Å². The monoisotopic (exact) mass is 290 g/mol. The molecule has 0 aliphatic heterocycles. The Morgan fingerprint density at radius 3 is 2.75 bits per heavy atom. The van der Waals surface area contributed by atoms with Crippen LogP contribution in [0.3, 0.4) is 0 Å². The van der Waals surface area contributed by atoms with Crippen LogP contribution < -0.4 is 5.32 Å². The Morgan fingerprint density at radius 2 is 2.10 bits per heavy atom. The van der Waals surface area contributed by atoms with Gasteiger partial charge in [0.05, 0.1) is 6.54 Å². The maximum absolute atomic E-state index is 5.97. The average molecular weight is 291 g/mol. The summed E-state index contributed by atoms with van der Waals surface area (Å²) in [4.78, 5) is 0. The van der Waals surface area contributed by atoms with Crippen LogP contribution in [0.15, 0.2) is 30.6 Å². The van der Waals surface area contributed by atoms with Crippen LogP contribution in [0.25, 0.3) is 0 Å². The Kier molecular flexibility index (Phi) is 4.03. The van der Waals surface area contributed by atoms with E-state index in [-0.39, 0.29) is 0 Å². The zero-order chi connectivity index (χ0) is 13.9. The van der Waals surface area contributed by atoms with Gasteiger partial charge in [-0.2, -0.15) is 0 Å². The van der Waals surface area contributed by atoms with Gasteiger partial charge in [0.1, 0.15) is 12.2 Å². The SMILES string of the molecule is CCn1cnnc1CNC(c1ccc(Cl)cc1)C1CC1. The highest BCUT2D eigenvalue weighted by atomic mass is 35.5. The maximum atomic E-state index is 5.97. The number of hydrogen-bond acceptors (Lipinski definition) is 3. The van der Waals surface area contributed by atoms with Gasteiger partial charge in [0.15, 0.2) is 0 Å². The van der Waals surface area contributed by atoms with Crippen molar-refractivity contribution in [3.8, 4) is 0 Å². The smallest absolute Gasteiger partial charge is 0.146 e. The Hall–Kier alpha value is -1.39. The van der Waals surface area contributed by atoms with E-state index in [0.29, 0.717) is 6.04 Å². The van der Waals surface area contributed by atoms with Crippen LogP contribution in [0.2, 0.25) is 5.02 Å². The van der Waals surface area contributed by atoms with E-state index in [4.69, 9.17) is 11.6 Å². The molecule has 0 radical (unpaired) electrons. The number of hydrogen-bond donors (Lipinski definition) is 1. The fourth-order valence-electron chi connectivity index (χ4n) is 2.54. The Balaban J connectivity index is 1.70. The molecule has 1 saturated carbocycles. The molecule has 1 unspecified atom stereocenters. The van der Waals surface area contributed by atoms with E-state index >= 15 is 0 Å². The van der Waals surface area contributed by atoms with E-state index in [1.54, 1.807) is 6.33 Å². The fraction of sp³-hybridized carbons (Fsp3) is 0.467. The van der Waals surface area contributed by atoms with Crippen molar-refractivity contribution in [3.63, 3.8) is 0 Å². The number of halogens is 1. The van der Waals surface area contributed by atoms with Gasteiger partial charge in [-0.25, -0.2) is 0 Å². The van der Waals surface area contributed by atoms with Crippen molar-refractivity contribution in [2.75, 3.05) is 0 Å². The summed E-state index contributed by atoms with van der Waals surface area (Å²) in [5.41, 5.74) is 1.31. The van der Waals surface area contributed by atoms with Gasteiger partial charge < -0.3 is 9.88 Å². The minimum absolute atomic E-state index is 0.384. The fourth-order valence-corrected chi connectivity index (χ4v) is 2.66. The highest BCUT2D eigenvalue weighted by molar-refractivity contribution is 6.30. The van der Waals surface area contributed by atoms with Crippen LogP contribution in [-0.2, 0) is 13.1 Å². The van der Waals surface area contributed by atoms with Crippen LogP contribution in [-0.4, -0.2) is 14.8 Å². The molecule has 1 aliphatic carbocycles. The second-order valence-electron chi connectivity index (χ2n) is 5.28. The van der Waals surface area contributed by atoms with E-state index in [1.807, 2.05) is 12.1 Å².